The van der Waals surface area contributed by atoms with Gasteiger partial charge < -0.3 is 15.0 Å². The Labute approximate surface area is 190 Å². The number of anilines is 1. The quantitative estimate of drug-likeness (QED) is 0.454. The highest BCUT2D eigenvalue weighted by atomic mass is 35.5. The standard InChI is InChI=1S/C23H20Cl2N2O2S/c24-19-7-4-8-20(21(19)25)26-23(28)27-13-14-30-22(27)17-9-11-18(12-10-17)29-15-16-5-2-1-3-6-16/h1-12,22H,13-15H2,(H,26,28). The van der Waals surface area contributed by atoms with Crippen LogP contribution in [0.4, 0.5) is 10.5 Å². The number of hydrogen-bond donors (Lipinski definition) is 1. The third-order valence-corrected chi connectivity index (χ3v) is 6.84. The van der Waals surface area contributed by atoms with Crippen molar-refractivity contribution in [1.82, 2.24) is 4.90 Å². The van der Waals surface area contributed by atoms with Crippen molar-refractivity contribution in [1.29, 1.82) is 0 Å². The van der Waals surface area contributed by atoms with E-state index in [0.29, 0.717) is 28.9 Å². The van der Waals surface area contributed by atoms with Gasteiger partial charge in [0.05, 0.1) is 15.7 Å². The minimum atomic E-state index is -0.196. The molecule has 7 heteroatoms. The van der Waals surface area contributed by atoms with Crippen LogP contribution in [0.5, 0.6) is 5.75 Å². The largest absolute Gasteiger partial charge is 0.489 e. The molecule has 0 aliphatic carbocycles. The summed E-state index contributed by atoms with van der Waals surface area (Å²) >= 11 is 14.0. The van der Waals surface area contributed by atoms with Crippen LogP contribution in [-0.2, 0) is 6.61 Å². The Morgan fingerprint density at radius 3 is 2.57 bits per heavy atom. The first-order chi connectivity index (χ1) is 14.6. The number of nitrogens with one attached hydrogen (secondary N) is 1. The lowest BCUT2D eigenvalue weighted by atomic mass is 10.2. The van der Waals surface area contributed by atoms with Gasteiger partial charge in [0.2, 0.25) is 0 Å². The fourth-order valence-electron chi connectivity index (χ4n) is 3.21. The van der Waals surface area contributed by atoms with E-state index >= 15 is 0 Å². The van der Waals surface area contributed by atoms with Crippen molar-refractivity contribution in [3.63, 3.8) is 0 Å². The fourth-order valence-corrected chi connectivity index (χ4v) is 4.81. The number of nitrogens with zero attached hydrogens (tertiary/aromatic N) is 1. The van der Waals surface area contributed by atoms with Gasteiger partial charge in [-0.25, -0.2) is 4.79 Å². The van der Waals surface area contributed by atoms with Crippen molar-refractivity contribution in [2.75, 3.05) is 17.6 Å². The van der Waals surface area contributed by atoms with Crippen LogP contribution in [0.15, 0.2) is 72.8 Å². The third-order valence-electron chi connectivity index (χ3n) is 4.76. The van der Waals surface area contributed by atoms with Crippen molar-refractivity contribution in [3.05, 3.63) is 94.0 Å². The molecule has 154 valence electrons. The van der Waals surface area contributed by atoms with Crippen LogP contribution in [0.25, 0.3) is 0 Å². The van der Waals surface area contributed by atoms with E-state index in [1.807, 2.05) is 59.5 Å². The maximum absolute atomic E-state index is 12.9. The zero-order valence-corrected chi connectivity index (χ0v) is 18.4. The Hall–Kier alpha value is -2.34. The smallest absolute Gasteiger partial charge is 0.323 e. The summed E-state index contributed by atoms with van der Waals surface area (Å²) in [4.78, 5) is 14.7. The Morgan fingerprint density at radius 2 is 1.80 bits per heavy atom. The molecule has 3 aromatic carbocycles. The summed E-state index contributed by atoms with van der Waals surface area (Å²) in [5, 5.41) is 3.56. The highest BCUT2D eigenvalue weighted by Crippen LogP contribution is 2.39. The number of carbonyl (C=O) groups is 1. The Balaban J connectivity index is 1.41. The highest BCUT2D eigenvalue weighted by molar-refractivity contribution is 7.99. The summed E-state index contributed by atoms with van der Waals surface area (Å²) in [6.45, 7) is 1.18. The molecule has 1 aliphatic rings. The van der Waals surface area contributed by atoms with Gasteiger partial charge in [-0.1, -0.05) is 71.7 Å². The number of benzene rings is 3. The molecule has 1 N–H and O–H groups in total. The minimum Gasteiger partial charge on any atom is -0.489 e. The molecule has 1 heterocycles. The van der Waals surface area contributed by atoms with Crippen LogP contribution < -0.4 is 10.1 Å². The van der Waals surface area contributed by atoms with Gasteiger partial charge in [0.25, 0.3) is 0 Å². The molecule has 0 radical (unpaired) electrons. The van der Waals surface area contributed by atoms with Gasteiger partial charge in [0.15, 0.2) is 0 Å². The van der Waals surface area contributed by atoms with E-state index in [9.17, 15) is 4.79 Å². The molecule has 1 fully saturated rings. The predicted octanol–water partition coefficient (Wildman–Crippen LogP) is 6.85. The molecular formula is C23H20Cl2N2O2S. The molecule has 1 unspecified atom stereocenters. The second-order valence-electron chi connectivity index (χ2n) is 6.79. The molecule has 4 rings (SSSR count). The number of carbonyl (C=O) groups excluding carboxylic acids is 1. The summed E-state index contributed by atoms with van der Waals surface area (Å²) in [6.07, 6.45) is 0. The number of halogens is 2. The monoisotopic (exact) mass is 458 g/mol. The lowest BCUT2D eigenvalue weighted by Crippen LogP contribution is -2.34. The minimum absolute atomic E-state index is 0.0638. The van der Waals surface area contributed by atoms with Gasteiger partial charge in [0.1, 0.15) is 17.7 Å². The van der Waals surface area contributed by atoms with Gasteiger partial charge in [-0.2, -0.15) is 0 Å². The van der Waals surface area contributed by atoms with E-state index in [0.717, 1.165) is 22.6 Å². The van der Waals surface area contributed by atoms with Crippen molar-refractivity contribution in [3.8, 4) is 5.75 Å². The number of ether oxygens (including phenoxy) is 1. The molecule has 1 atom stereocenters. The fraction of sp³-hybridized carbons (Fsp3) is 0.174. The lowest BCUT2D eigenvalue weighted by Gasteiger charge is -2.25. The summed E-state index contributed by atoms with van der Waals surface area (Å²) < 4.78 is 5.86. The zero-order valence-electron chi connectivity index (χ0n) is 16.1. The second-order valence-corrected chi connectivity index (χ2v) is 8.76. The van der Waals surface area contributed by atoms with E-state index < -0.39 is 0 Å². The van der Waals surface area contributed by atoms with E-state index in [1.165, 1.54) is 0 Å². The van der Waals surface area contributed by atoms with Gasteiger partial charge in [0, 0.05) is 12.3 Å². The molecule has 4 nitrogen and oxygen atoms in total. The van der Waals surface area contributed by atoms with E-state index in [-0.39, 0.29) is 11.4 Å². The highest BCUT2D eigenvalue weighted by Gasteiger charge is 2.31. The molecule has 0 saturated carbocycles. The lowest BCUT2D eigenvalue weighted by molar-refractivity contribution is 0.214. The van der Waals surface area contributed by atoms with Crippen molar-refractivity contribution < 1.29 is 9.53 Å². The van der Waals surface area contributed by atoms with Crippen molar-refractivity contribution in [2.45, 2.75) is 12.0 Å². The number of hydrogen-bond acceptors (Lipinski definition) is 3. The van der Waals surface area contributed by atoms with Crippen molar-refractivity contribution >= 4 is 46.7 Å². The average molecular weight is 459 g/mol. The van der Waals surface area contributed by atoms with Gasteiger partial charge in [-0.05, 0) is 35.4 Å². The molecule has 30 heavy (non-hydrogen) atoms. The summed E-state index contributed by atoms with van der Waals surface area (Å²) in [5.41, 5.74) is 2.68. The maximum Gasteiger partial charge on any atom is 0.323 e. The summed E-state index contributed by atoms with van der Waals surface area (Å²) in [6, 6.07) is 22.9. The van der Waals surface area contributed by atoms with Crippen LogP contribution >= 0.6 is 35.0 Å². The average Bonchev–Trinajstić information content (AvgIpc) is 3.27. The first-order valence-corrected chi connectivity index (χ1v) is 11.3. The van der Waals surface area contributed by atoms with Gasteiger partial charge in [-0.15, -0.1) is 11.8 Å². The van der Waals surface area contributed by atoms with Crippen LogP contribution in [0, 0.1) is 0 Å². The molecule has 0 spiro atoms. The van der Waals surface area contributed by atoms with E-state index in [1.54, 1.807) is 30.0 Å². The van der Waals surface area contributed by atoms with Crippen LogP contribution in [0.3, 0.4) is 0 Å². The van der Waals surface area contributed by atoms with Crippen LogP contribution in [0.2, 0.25) is 10.0 Å². The normalized spacial score (nSPS) is 15.8. The van der Waals surface area contributed by atoms with Crippen molar-refractivity contribution in [2.24, 2.45) is 0 Å². The van der Waals surface area contributed by atoms with Crippen LogP contribution in [-0.4, -0.2) is 23.2 Å². The number of amides is 2. The second kappa shape index (κ2) is 9.65. The van der Waals surface area contributed by atoms with E-state index in [2.05, 4.69) is 5.32 Å². The number of thioether (sulfide) groups is 1. The summed E-state index contributed by atoms with van der Waals surface area (Å²) in [5.74, 6) is 1.67. The number of urea groups is 1. The molecule has 0 bridgehead atoms. The zero-order chi connectivity index (χ0) is 20.9. The van der Waals surface area contributed by atoms with Crippen LogP contribution in [0.1, 0.15) is 16.5 Å². The molecule has 3 aromatic rings. The third kappa shape index (κ3) is 4.86. The molecular weight excluding hydrogens is 439 g/mol. The van der Waals surface area contributed by atoms with Gasteiger partial charge >= 0.3 is 6.03 Å². The predicted molar refractivity (Wildman–Crippen MR) is 125 cm³/mol. The molecule has 1 aliphatic heterocycles. The molecule has 1 saturated heterocycles. The van der Waals surface area contributed by atoms with Gasteiger partial charge in [-0.3, -0.25) is 0 Å². The number of rotatable bonds is 5. The molecule has 0 aromatic heterocycles. The maximum atomic E-state index is 12.9. The molecule has 2 amide bonds. The first kappa shape index (κ1) is 20.9. The Morgan fingerprint density at radius 1 is 1.03 bits per heavy atom. The SMILES string of the molecule is O=C(Nc1cccc(Cl)c1Cl)N1CCSC1c1ccc(OCc2ccccc2)cc1. The topological polar surface area (TPSA) is 41.6 Å². The van der Waals surface area contributed by atoms with E-state index in [4.69, 9.17) is 27.9 Å². The Kier molecular flexibility index (Phi) is 6.72. The Bertz CT molecular complexity index is 1020. The summed E-state index contributed by atoms with van der Waals surface area (Å²) in [7, 11) is 0. The first-order valence-electron chi connectivity index (χ1n) is 9.52.